The van der Waals surface area contributed by atoms with Crippen LogP contribution in [-0.4, -0.2) is 16.6 Å². The lowest BCUT2D eigenvalue weighted by Crippen LogP contribution is -2.54. The zero-order valence-electron chi connectivity index (χ0n) is 26.3. The fourth-order valence-corrected chi connectivity index (χ4v) is 8.35. The molecule has 4 unspecified atom stereocenters. The number of allylic oxidation sites excluding steroid dienone is 3. The van der Waals surface area contributed by atoms with Gasteiger partial charge in [0.1, 0.15) is 12.0 Å². The standard InChI is InChI=1S/C42H38N4/c1-42(2)33-19-11-9-17-31(33)37-34(42)25-26-36-38(37)32-18-10-12-20-35(32)46(36)30-23-21-29(22-24-30)41-44-39(27-13-5-3-6-14-27)43-40(45-41)28-15-7-4-8-16-28/h3-15,17-24,26,28,34,39-40,43H,16,25H2,1-2H3,(H,44,45). The average molecular weight is 599 g/mol. The molecule has 5 aromatic rings. The number of aromatic nitrogens is 1. The summed E-state index contributed by atoms with van der Waals surface area (Å²) in [6, 6.07) is 37.6. The Morgan fingerprint density at radius 1 is 0.804 bits per heavy atom. The lowest BCUT2D eigenvalue weighted by atomic mass is 9.74. The van der Waals surface area contributed by atoms with Crippen LogP contribution in [0.15, 0.2) is 132 Å². The van der Waals surface area contributed by atoms with Crippen molar-refractivity contribution in [1.82, 2.24) is 15.2 Å². The zero-order chi connectivity index (χ0) is 30.8. The summed E-state index contributed by atoms with van der Waals surface area (Å²) in [4.78, 5) is 5.19. The van der Waals surface area contributed by atoms with E-state index in [1.54, 1.807) is 0 Å². The van der Waals surface area contributed by atoms with E-state index in [9.17, 15) is 0 Å². The van der Waals surface area contributed by atoms with Gasteiger partial charge in [-0.25, -0.2) is 4.99 Å². The second kappa shape index (κ2) is 10.6. The molecule has 9 rings (SSSR count). The molecule has 0 amide bonds. The number of hydrogen-bond donors (Lipinski definition) is 2. The smallest absolute Gasteiger partial charge is 0.131 e. The molecule has 4 nitrogen and oxygen atoms in total. The highest BCUT2D eigenvalue weighted by Gasteiger charge is 2.43. The first kappa shape index (κ1) is 27.4. The van der Waals surface area contributed by atoms with Gasteiger partial charge in [0.15, 0.2) is 0 Å². The van der Waals surface area contributed by atoms with Gasteiger partial charge in [0.2, 0.25) is 0 Å². The second-order valence-corrected chi connectivity index (χ2v) is 13.6. The molecule has 226 valence electrons. The number of amidine groups is 1. The zero-order valence-corrected chi connectivity index (χ0v) is 26.3. The van der Waals surface area contributed by atoms with Crippen molar-refractivity contribution in [2.45, 2.75) is 44.4 Å². The summed E-state index contributed by atoms with van der Waals surface area (Å²) in [5.41, 5.74) is 9.22. The second-order valence-electron chi connectivity index (χ2n) is 13.6. The number of nitrogens with zero attached hydrogens (tertiary/aromatic N) is 2. The average Bonchev–Trinajstić information content (AvgIpc) is 3.58. The molecule has 0 radical (unpaired) electrons. The van der Waals surface area contributed by atoms with Gasteiger partial charge in [0.25, 0.3) is 0 Å². The van der Waals surface area contributed by atoms with Crippen molar-refractivity contribution in [3.05, 3.63) is 160 Å². The Bertz CT molecular complexity index is 2200. The van der Waals surface area contributed by atoms with Gasteiger partial charge in [-0.05, 0) is 76.8 Å². The highest BCUT2D eigenvalue weighted by atomic mass is 15.3. The molecule has 1 aliphatic heterocycles. The Morgan fingerprint density at radius 3 is 2.41 bits per heavy atom. The highest BCUT2D eigenvalue weighted by Crippen LogP contribution is 2.51. The van der Waals surface area contributed by atoms with Gasteiger partial charge >= 0.3 is 0 Å². The van der Waals surface area contributed by atoms with E-state index in [1.165, 1.54) is 49.4 Å². The molecule has 2 heterocycles. The molecule has 0 saturated heterocycles. The lowest BCUT2D eigenvalue weighted by Gasteiger charge is -2.35. The number of rotatable bonds is 4. The van der Waals surface area contributed by atoms with Gasteiger partial charge in [0, 0.05) is 27.8 Å². The molecule has 0 fully saturated rings. The molecule has 4 atom stereocenters. The molecular formula is C42H38N4. The van der Waals surface area contributed by atoms with Crippen molar-refractivity contribution in [2.75, 3.05) is 0 Å². The maximum Gasteiger partial charge on any atom is 0.131 e. The molecule has 0 saturated carbocycles. The molecule has 0 bridgehead atoms. The number of para-hydroxylation sites is 1. The Balaban J connectivity index is 1.16. The SMILES string of the molecule is CC1(C)c2ccccc2C2=c3c(n(-c4ccc(C5=NC(c6ccccc6)NC(C6C=CC=CC6)N5)cc4)c4ccccc34)=CCC21. The van der Waals surface area contributed by atoms with E-state index in [-0.39, 0.29) is 17.7 Å². The third-order valence-corrected chi connectivity index (χ3v) is 10.7. The van der Waals surface area contributed by atoms with Crippen molar-refractivity contribution >= 4 is 28.4 Å². The first-order chi connectivity index (χ1) is 22.6. The predicted octanol–water partition coefficient (Wildman–Crippen LogP) is 7.02. The number of benzene rings is 4. The Hall–Kier alpha value is -4.93. The highest BCUT2D eigenvalue weighted by molar-refractivity contribution is 6.00. The van der Waals surface area contributed by atoms with Crippen molar-refractivity contribution in [1.29, 1.82) is 0 Å². The third-order valence-electron chi connectivity index (χ3n) is 10.7. The van der Waals surface area contributed by atoms with Gasteiger partial charge in [-0.2, -0.15) is 0 Å². The van der Waals surface area contributed by atoms with Gasteiger partial charge in [-0.1, -0.05) is 117 Å². The molecule has 4 aliphatic rings. The van der Waals surface area contributed by atoms with E-state index in [1.807, 2.05) is 0 Å². The van der Waals surface area contributed by atoms with E-state index >= 15 is 0 Å². The van der Waals surface area contributed by atoms with E-state index < -0.39 is 0 Å². The molecule has 3 aliphatic carbocycles. The topological polar surface area (TPSA) is 41.4 Å². The Kier molecular flexibility index (Phi) is 6.29. The van der Waals surface area contributed by atoms with Crippen LogP contribution in [-0.2, 0) is 5.41 Å². The normalized spacial score (nSPS) is 24.0. The van der Waals surface area contributed by atoms with Crippen LogP contribution in [0, 0.1) is 11.8 Å². The number of nitrogens with one attached hydrogen (secondary N) is 2. The number of aliphatic imine (C=N–C) groups is 1. The maximum atomic E-state index is 5.19. The fourth-order valence-electron chi connectivity index (χ4n) is 8.35. The first-order valence-electron chi connectivity index (χ1n) is 16.6. The summed E-state index contributed by atoms with van der Waals surface area (Å²) in [7, 11) is 0. The van der Waals surface area contributed by atoms with Crippen LogP contribution in [0.5, 0.6) is 0 Å². The van der Waals surface area contributed by atoms with Crippen molar-refractivity contribution in [3.8, 4) is 5.69 Å². The summed E-state index contributed by atoms with van der Waals surface area (Å²) < 4.78 is 2.47. The van der Waals surface area contributed by atoms with E-state index in [0.29, 0.717) is 11.8 Å². The van der Waals surface area contributed by atoms with Gasteiger partial charge < -0.3 is 9.88 Å². The van der Waals surface area contributed by atoms with Crippen LogP contribution in [0.2, 0.25) is 0 Å². The van der Waals surface area contributed by atoms with Crippen molar-refractivity contribution in [3.63, 3.8) is 0 Å². The molecule has 2 N–H and O–H groups in total. The van der Waals surface area contributed by atoms with Crippen molar-refractivity contribution < 1.29 is 0 Å². The Labute approximate surface area is 270 Å². The Morgan fingerprint density at radius 2 is 1.59 bits per heavy atom. The van der Waals surface area contributed by atoms with Crippen molar-refractivity contribution in [2.24, 2.45) is 16.8 Å². The largest absolute Gasteiger partial charge is 0.354 e. The number of hydrogen-bond acceptors (Lipinski definition) is 3. The minimum absolute atomic E-state index is 0.0807. The summed E-state index contributed by atoms with van der Waals surface area (Å²) in [5, 5.41) is 11.6. The van der Waals surface area contributed by atoms with Crippen LogP contribution in [0.25, 0.3) is 28.2 Å². The van der Waals surface area contributed by atoms with Gasteiger partial charge in [-0.3, -0.25) is 5.32 Å². The minimum Gasteiger partial charge on any atom is -0.354 e. The fraction of sp³-hybridized carbons (Fsp3) is 0.214. The van der Waals surface area contributed by atoms with Crippen LogP contribution in [0.4, 0.5) is 0 Å². The van der Waals surface area contributed by atoms with Crippen LogP contribution >= 0.6 is 0 Å². The third kappa shape index (κ3) is 4.20. The molecule has 1 aromatic heterocycles. The number of fused-ring (bicyclic) bond motifs is 6. The van der Waals surface area contributed by atoms with E-state index in [2.05, 4.69) is 163 Å². The van der Waals surface area contributed by atoms with E-state index in [4.69, 9.17) is 4.99 Å². The molecule has 0 spiro atoms. The molecule has 4 heteroatoms. The molecule has 46 heavy (non-hydrogen) atoms. The minimum atomic E-state index is -0.111. The van der Waals surface area contributed by atoms with Crippen LogP contribution in [0.3, 0.4) is 0 Å². The van der Waals surface area contributed by atoms with E-state index in [0.717, 1.165) is 24.2 Å². The predicted molar refractivity (Wildman–Crippen MR) is 189 cm³/mol. The first-order valence-corrected chi connectivity index (χ1v) is 16.6. The molecular weight excluding hydrogens is 560 g/mol. The summed E-state index contributed by atoms with van der Waals surface area (Å²) in [6.45, 7) is 4.85. The summed E-state index contributed by atoms with van der Waals surface area (Å²) >= 11 is 0. The summed E-state index contributed by atoms with van der Waals surface area (Å²) in [5.74, 6) is 1.76. The van der Waals surface area contributed by atoms with Crippen LogP contribution < -0.4 is 21.2 Å². The monoisotopic (exact) mass is 598 g/mol. The maximum absolute atomic E-state index is 5.19. The van der Waals surface area contributed by atoms with Crippen LogP contribution in [0.1, 0.15) is 55.1 Å². The quantitative estimate of drug-likeness (QED) is 0.234. The van der Waals surface area contributed by atoms with Gasteiger partial charge in [0.05, 0.1) is 17.0 Å². The lowest BCUT2D eigenvalue weighted by molar-refractivity contribution is 0.328. The molecule has 4 aromatic carbocycles. The summed E-state index contributed by atoms with van der Waals surface area (Å²) in [6.07, 6.45) is 13.3. The van der Waals surface area contributed by atoms with Gasteiger partial charge in [-0.15, -0.1) is 0 Å².